The standard InChI is InChI=1S/C16H23NO3/c1-11-5-6-14-12(7-11)8-13(20-14)9-17(10-15(18)19)16(2,3)4/h5-7,13H,8-10H2,1-4H3,(H,18,19). The highest BCUT2D eigenvalue weighted by molar-refractivity contribution is 5.69. The summed E-state index contributed by atoms with van der Waals surface area (Å²) in [5.74, 6) is 0.135. The van der Waals surface area contributed by atoms with E-state index in [1.54, 1.807) is 0 Å². The molecule has 4 nitrogen and oxygen atoms in total. The summed E-state index contributed by atoms with van der Waals surface area (Å²) in [6, 6.07) is 6.19. The van der Waals surface area contributed by atoms with Crippen LogP contribution < -0.4 is 4.74 Å². The van der Waals surface area contributed by atoms with Gasteiger partial charge in [-0.2, -0.15) is 0 Å². The number of benzene rings is 1. The van der Waals surface area contributed by atoms with Crippen molar-refractivity contribution in [2.24, 2.45) is 0 Å². The number of ether oxygens (including phenoxy) is 1. The van der Waals surface area contributed by atoms with Crippen LogP contribution in [0.3, 0.4) is 0 Å². The fourth-order valence-corrected chi connectivity index (χ4v) is 2.54. The van der Waals surface area contributed by atoms with Gasteiger partial charge in [-0.25, -0.2) is 0 Å². The van der Waals surface area contributed by atoms with Gasteiger partial charge in [0.25, 0.3) is 0 Å². The second-order valence-electron chi connectivity index (χ2n) is 6.50. The van der Waals surface area contributed by atoms with E-state index in [0.717, 1.165) is 12.2 Å². The summed E-state index contributed by atoms with van der Waals surface area (Å²) in [6.07, 6.45) is 0.883. The van der Waals surface area contributed by atoms with Crippen molar-refractivity contribution in [3.05, 3.63) is 29.3 Å². The van der Waals surface area contributed by atoms with E-state index in [1.807, 2.05) is 37.8 Å². The lowest BCUT2D eigenvalue weighted by Gasteiger charge is -2.35. The summed E-state index contributed by atoms with van der Waals surface area (Å²) < 4.78 is 5.93. The minimum Gasteiger partial charge on any atom is -0.488 e. The van der Waals surface area contributed by atoms with Crippen LogP contribution in [0.5, 0.6) is 5.75 Å². The molecule has 0 radical (unpaired) electrons. The third-order valence-corrected chi connectivity index (χ3v) is 3.66. The van der Waals surface area contributed by atoms with E-state index < -0.39 is 5.97 Å². The smallest absolute Gasteiger partial charge is 0.317 e. The number of aliphatic carboxylic acids is 1. The highest BCUT2D eigenvalue weighted by Gasteiger charge is 2.30. The Bertz CT molecular complexity index is 505. The molecule has 2 rings (SSSR count). The fourth-order valence-electron chi connectivity index (χ4n) is 2.54. The third-order valence-electron chi connectivity index (χ3n) is 3.66. The van der Waals surface area contributed by atoms with Gasteiger partial charge in [0, 0.05) is 18.5 Å². The number of fused-ring (bicyclic) bond motifs is 1. The molecule has 1 heterocycles. The minimum absolute atomic E-state index is 0.0328. The molecule has 0 fully saturated rings. The normalized spacial score (nSPS) is 17.9. The first-order valence-corrected chi connectivity index (χ1v) is 6.99. The second kappa shape index (κ2) is 5.44. The average molecular weight is 277 g/mol. The molecule has 1 aliphatic rings. The molecule has 0 saturated heterocycles. The average Bonchev–Trinajstić information content (AvgIpc) is 2.67. The van der Waals surface area contributed by atoms with Gasteiger partial charge in [-0.15, -0.1) is 0 Å². The fraction of sp³-hybridized carbons (Fsp3) is 0.562. The van der Waals surface area contributed by atoms with E-state index in [-0.39, 0.29) is 18.2 Å². The topological polar surface area (TPSA) is 49.8 Å². The van der Waals surface area contributed by atoms with E-state index in [1.165, 1.54) is 11.1 Å². The summed E-state index contributed by atoms with van der Waals surface area (Å²) >= 11 is 0. The van der Waals surface area contributed by atoms with Crippen molar-refractivity contribution in [2.75, 3.05) is 13.1 Å². The van der Waals surface area contributed by atoms with Crippen molar-refractivity contribution < 1.29 is 14.6 Å². The molecule has 0 saturated carbocycles. The molecule has 1 aromatic carbocycles. The van der Waals surface area contributed by atoms with E-state index in [4.69, 9.17) is 9.84 Å². The Balaban J connectivity index is 2.05. The predicted molar refractivity (Wildman–Crippen MR) is 78.3 cm³/mol. The van der Waals surface area contributed by atoms with Gasteiger partial charge < -0.3 is 9.84 Å². The van der Waals surface area contributed by atoms with Crippen LogP contribution in [0.15, 0.2) is 18.2 Å². The second-order valence-corrected chi connectivity index (χ2v) is 6.50. The van der Waals surface area contributed by atoms with Crippen molar-refractivity contribution >= 4 is 5.97 Å². The van der Waals surface area contributed by atoms with Gasteiger partial charge in [0.15, 0.2) is 0 Å². The van der Waals surface area contributed by atoms with E-state index >= 15 is 0 Å². The molecule has 110 valence electrons. The molecule has 20 heavy (non-hydrogen) atoms. The third kappa shape index (κ3) is 3.51. The van der Waals surface area contributed by atoms with Crippen LogP contribution in [0.25, 0.3) is 0 Å². The van der Waals surface area contributed by atoms with Crippen LogP contribution in [-0.4, -0.2) is 40.7 Å². The van der Waals surface area contributed by atoms with Crippen LogP contribution in [0.4, 0.5) is 0 Å². The molecule has 0 amide bonds. The lowest BCUT2D eigenvalue weighted by Crippen LogP contribution is -2.48. The monoisotopic (exact) mass is 277 g/mol. The summed E-state index contributed by atoms with van der Waals surface area (Å²) in [5, 5.41) is 9.05. The van der Waals surface area contributed by atoms with Gasteiger partial charge in [-0.3, -0.25) is 9.69 Å². The van der Waals surface area contributed by atoms with Crippen molar-refractivity contribution in [3.8, 4) is 5.75 Å². The van der Waals surface area contributed by atoms with Crippen molar-refractivity contribution in [3.63, 3.8) is 0 Å². The maximum Gasteiger partial charge on any atom is 0.317 e. The maximum atomic E-state index is 11.0. The number of aryl methyl sites for hydroxylation is 1. The molecule has 1 unspecified atom stereocenters. The van der Waals surface area contributed by atoms with Crippen molar-refractivity contribution in [1.82, 2.24) is 4.90 Å². The number of carbonyl (C=O) groups is 1. The molecule has 0 spiro atoms. The Morgan fingerprint density at radius 2 is 2.15 bits per heavy atom. The van der Waals surface area contributed by atoms with Crippen LogP contribution in [0, 0.1) is 6.92 Å². The zero-order chi connectivity index (χ0) is 14.9. The van der Waals surface area contributed by atoms with Gasteiger partial charge in [0.05, 0.1) is 6.54 Å². The largest absolute Gasteiger partial charge is 0.488 e. The lowest BCUT2D eigenvalue weighted by molar-refractivity contribution is -0.140. The minimum atomic E-state index is -0.800. The Morgan fingerprint density at radius 1 is 1.45 bits per heavy atom. The molecule has 0 aromatic heterocycles. The molecule has 1 aliphatic heterocycles. The molecular weight excluding hydrogens is 254 g/mol. The number of carboxylic acids is 1. The number of rotatable bonds is 4. The van der Waals surface area contributed by atoms with Crippen LogP contribution >= 0.6 is 0 Å². The van der Waals surface area contributed by atoms with Crippen molar-refractivity contribution in [1.29, 1.82) is 0 Å². The first kappa shape index (κ1) is 14.9. The number of nitrogens with zero attached hydrogens (tertiary/aromatic N) is 1. The van der Waals surface area contributed by atoms with E-state index in [0.29, 0.717) is 6.54 Å². The molecule has 1 atom stereocenters. The molecule has 1 N–H and O–H groups in total. The summed E-state index contributed by atoms with van der Waals surface area (Å²) in [7, 11) is 0. The van der Waals surface area contributed by atoms with Gasteiger partial charge in [-0.05, 0) is 39.3 Å². The summed E-state index contributed by atoms with van der Waals surface area (Å²) in [6.45, 7) is 8.83. The Hall–Kier alpha value is -1.55. The first-order chi connectivity index (χ1) is 9.25. The summed E-state index contributed by atoms with van der Waals surface area (Å²) in [5.41, 5.74) is 2.26. The quantitative estimate of drug-likeness (QED) is 0.918. The zero-order valence-electron chi connectivity index (χ0n) is 12.6. The van der Waals surface area contributed by atoms with Crippen LogP contribution in [-0.2, 0) is 11.2 Å². The highest BCUT2D eigenvalue weighted by atomic mass is 16.5. The molecular formula is C16H23NO3. The zero-order valence-corrected chi connectivity index (χ0v) is 12.6. The van der Waals surface area contributed by atoms with Gasteiger partial charge >= 0.3 is 5.97 Å². The van der Waals surface area contributed by atoms with E-state index in [2.05, 4.69) is 13.0 Å². The van der Waals surface area contributed by atoms with E-state index in [9.17, 15) is 4.79 Å². The van der Waals surface area contributed by atoms with Gasteiger partial charge in [0.2, 0.25) is 0 Å². The van der Waals surface area contributed by atoms with Gasteiger partial charge in [0.1, 0.15) is 11.9 Å². The Kier molecular flexibility index (Phi) is 4.04. The number of carboxylic acid groups (broad SMARTS) is 1. The Morgan fingerprint density at radius 3 is 2.75 bits per heavy atom. The number of hydrogen-bond acceptors (Lipinski definition) is 3. The Labute approximate surface area is 120 Å². The molecule has 4 heteroatoms. The SMILES string of the molecule is Cc1ccc2c(c1)CC(CN(CC(=O)O)C(C)(C)C)O2. The summed E-state index contributed by atoms with van der Waals surface area (Å²) in [4.78, 5) is 13.0. The van der Waals surface area contributed by atoms with Crippen LogP contribution in [0.1, 0.15) is 31.9 Å². The number of hydrogen-bond donors (Lipinski definition) is 1. The predicted octanol–water partition coefficient (Wildman–Crippen LogP) is 2.48. The lowest BCUT2D eigenvalue weighted by atomic mass is 10.0. The molecule has 0 bridgehead atoms. The van der Waals surface area contributed by atoms with Crippen LogP contribution in [0.2, 0.25) is 0 Å². The molecule has 0 aliphatic carbocycles. The molecule has 1 aromatic rings. The maximum absolute atomic E-state index is 11.0. The van der Waals surface area contributed by atoms with Gasteiger partial charge in [-0.1, -0.05) is 17.7 Å². The van der Waals surface area contributed by atoms with Crippen molar-refractivity contribution in [2.45, 2.75) is 45.8 Å². The highest BCUT2D eigenvalue weighted by Crippen LogP contribution is 2.30. The first-order valence-electron chi connectivity index (χ1n) is 6.99.